The number of carbonyl (C=O) groups is 1. The third kappa shape index (κ3) is 4.34. The number of anilines is 1. The first kappa shape index (κ1) is 20.0. The number of thiazole rings is 1. The SMILES string of the molecule is Cc1ccccc1-c1nc(-c2ccc(NC(=O)c3ccc(C(C)C)cc3)cc2)cs1. The smallest absolute Gasteiger partial charge is 0.255 e. The number of aryl methyl sites for hydroxylation is 1. The van der Waals surface area contributed by atoms with E-state index in [1.54, 1.807) is 11.3 Å². The van der Waals surface area contributed by atoms with Gasteiger partial charge in [0.1, 0.15) is 5.01 Å². The quantitative estimate of drug-likeness (QED) is 0.378. The Kier molecular flexibility index (Phi) is 5.77. The highest BCUT2D eigenvalue weighted by Crippen LogP contribution is 2.31. The molecule has 4 aromatic rings. The Morgan fingerprint density at radius 3 is 2.30 bits per heavy atom. The number of nitrogens with one attached hydrogen (secondary N) is 1. The molecule has 0 fully saturated rings. The van der Waals surface area contributed by atoms with Crippen molar-refractivity contribution in [2.24, 2.45) is 0 Å². The van der Waals surface area contributed by atoms with Crippen LogP contribution in [0.3, 0.4) is 0 Å². The molecule has 0 aliphatic heterocycles. The molecule has 1 amide bonds. The number of amides is 1. The van der Waals surface area contributed by atoms with Crippen molar-refractivity contribution in [3.63, 3.8) is 0 Å². The Morgan fingerprint density at radius 2 is 1.63 bits per heavy atom. The van der Waals surface area contributed by atoms with Crippen molar-refractivity contribution in [1.29, 1.82) is 0 Å². The van der Waals surface area contributed by atoms with Gasteiger partial charge >= 0.3 is 0 Å². The molecule has 1 heterocycles. The first-order valence-corrected chi connectivity index (χ1v) is 10.9. The normalized spacial score (nSPS) is 10.9. The first-order valence-electron chi connectivity index (χ1n) is 10.0. The Bertz CT molecular complexity index is 1160. The molecule has 0 unspecified atom stereocenters. The number of benzene rings is 3. The molecule has 4 heteroatoms. The predicted octanol–water partition coefficient (Wildman–Crippen LogP) is 7.16. The summed E-state index contributed by atoms with van der Waals surface area (Å²) in [6.45, 7) is 6.39. The molecule has 0 saturated carbocycles. The fraction of sp³-hybridized carbons (Fsp3) is 0.154. The summed E-state index contributed by atoms with van der Waals surface area (Å²) in [4.78, 5) is 17.3. The summed E-state index contributed by atoms with van der Waals surface area (Å²) in [5, 5.41) is 6.06. The standard InChI is InChI=1S/C26H24N2OS/c1-17(2)19-8-10-21(11-9-19)25(29)27-22-14-12-20(13-15-22)24-16-30-26(28-24)23-7-5-4-6-18(23)3/h4-17H,1-3H3,(H,27,29). The van der Waals surface area contributed by atoms with E-state index in [-0.39, 0.29) is 5.91 Å². The lowest BCUT2D eigenvalue weighted by molar-refractivity contribution is 0.102. The van der Waals surface area contributed by atoms with Crippen molar-refractivity contribution in [3.05, 3.63) is 94.9 Å². The highest BCUT2D eigenvalue weighted by molar-refractivity contribution is 7.13. The van der Waals surface area contributed by atoms with Crippen LogP contribution in [-0.4, -0.2) is 10.9 Å². The van der Waals surface area contributed by atoms with E-state index in [9.17, 15) is 4.79 Å². The second kappa shape index (κ2) is 8.64. The largest absolute Gasteiger partial charge is 0.322 e. The second-order valence-corrected chi connectivity index (χ2v) is 8.52. The van der Waals surface area contributed by atoms with Crippen molar-refractivity contribution < 1.29 is 4.79 Å². The Balaban J connectivity index is 1.47. The molecule has 0 radical (unpaired) electrons. The summed E-state index contributed by atoms with van der Waals surface area (Å²) >= 11 is 1.65. The highest BCUT2D eigenvalue weighted by atomic mass is 32.1. The molecule has 0 aliphatic rings. The molecule has 0 atom stereocenters. The molecule has 1 N–H and O–H groups in total. The van der Waals surface area contributed by atoms with Gasteiger partial charge in [-0.1, -0.05) is 62.4 Å². The minimum atomic E-state index is -0.103. The number of rotatable bonds is 5. The van der Waals surface area contributed by atoms with E-state index in [0.717, 1.165) is 22.0 Å². The van der Waals surface area contributed by atoms with Crippen molar-refractivity contribution in [3.8, 4) is 21.8 Å². The third-order valence-corrected chi connectivity index (χ3v) is 6.03. The maximum atomic E-state index is 12.5. The van der Waals surface area contributed by atoms with E-state index in [0.29, 0.717) is 11.5 Å². The zero-order chi connectivity index (χ0) is 21.1. The average molecular weight is 413 g/mol. The molecule has 3 aromatic carbocycles. The summed E-state index contributed by atoms with van der Waals surface area (Å²) in [5.41, 5.74) is 7.02. The molecule has 0 saturated heterocycles. The van der Waals surface area contributed by atoms with Gasteiger partial charge in [0, 0.05) is 27.8 Å². The summed E-state index contributed by atoms with van der Waals surface area (Å²) < 4.78 is 0. The molecule has 3 nitrogen and oxygen atoms in total. The van der Waals surface area contributed by atoms with Crippen LogP contribution in [0.5, 0.6) is 0 Å². The van der Waals surface area contributed by atoms with Crippen LogP contribution in [0.2, 0.25) is 0 Å². The van der Waals surface area contributed by atoms with Crippen LogP contribution in [0, 0.1) is 6.92 Å². The van der Waals surface area contributed by atoms with Gasteiger partial charge in [0.05, 0.1) is 5.69 Å². The fourth-order valence-corrected chi connectivity index (χ4v) is 4.21. The Labute approximate surface area is 181 Å². The number of aromatic nitrogens is 1. The van der Waals surface area contributed by atoms with Crippen LogP contribution >= 0.6 is 11.3 Å². The lowest BCUT2D eigenvalue weighted by Gasteiger charge is -2.08. The number of hydrogen-bond acceptors (Lipinski definition) is 3. The van der Waals surface area contributed by atoms with Gasteiger partial charge in [0.15, 0.2) is 0 Å². The van der Waals surface area contributed by atoms with Crippen LogP contribution in [0.1, 0.15) is 41.3 Å². The van der Waals surface area contributed by atoms with Crippen LogP contribution in [0.4, 0.5) is 5.69 Å². The predicted molar refractivity (Wildman–Crippen MR) is 126 cm³/mol. The number of hydrogen-bond donors (Lipinski definition) is 1. The van der Waals surface area contributed by atoms with E-state index < -0.39 is 0 Å². The van der Waals surface area contributed by atoms with E-state index in [4.69, 9.17) is 4.98 Å². The molecule has 150 valence electrons. The Morgan fingerprint density at radius 1 is 0.933 bits per heavy atom. The van der Waals surface area contributed by atoms with Crippen LogP contribution in [0.15, 0.2) is 78.2 Å². The van der Waals surface area contributed by atoms with Gasteiger partial charge in [0.25, 0.3) is 5.91 Å². The average Bonchev–Trinajstić information content (AvgIpc) is 3.24. The zero-order valence-corrected chi connectivity index (χ0v) is 18.2. The van der Waals surface area contributed by atoms with E-state index in [1.807, 2.05) is 60.7 Å². The van der Waals surface area contributed by atoms with E-state index in [1.165, 1.54) is 16.7 Å². The fourth-order valence-electron chi connectivity index (χ4n) is 3.29. The van der Waals surface area contributed by atoms with Crippen molar-refractivity contribution in [2.75, 3.05) is 5.32 Å². The van der Waals surface area contributed by atoms with Gasteiger partial charge in [-0.25, -0.2) is 4.98 Å². The molecule has 30 heavy (non-hydrogen) atoms. The molecular formula is C26H24N2OS. The minimum Gasteiger partial charge on any atom is -0.322 e. The van der Waals surface area contributed by atoms with Gasteiger partial charge in [0.2, 0.25) is 0 Å². The number of carbonyl (C=O) groups excluding carboxylic acids is 1. The lowest BCUT2D eigenvalue weighted by Crippen LogP contribution is -2.11. The van der Waals surface area contributed by atoms with Crippen LogP contribution < -0.4 is 5.32 Å². The monoisotopic (exact) mass is 412 g/mol. The molecule has 1 aromatic heterocycles. The topological polar surface area (TPSA) is 42.0 Å². The summed E-state index contributed by atoms with van der Waals surface area (Å²) in [6.07, 6.45) is 0. The molecular weight excluding hydrogens is 388 g/mol. The third-order valence-electron chi connectivity index (χ3n) is 5.16. The van der Waals surface area contributed by atoms with Gasteiger partial charge in [-0.3, -0.25) is 4.79 Å². The molecule has 0 bridgehead atoms. The van der Waals surface area contributed by atoms with E-state index in [2.05, 4.69) is 43.6 Å². The van der Waals surface area contributed by atoms with Gasteiger partial charge in [-0.05, 0) is 48.2 Å². The maximum Gasteiger partial charge on any atom is 0.255 e. The second-order valence-electron chi connectivity index (χ2n) is 7.66. The lowest BCUT2D eigenvalue weighted by atomic mass is 10.0. The van der Waals surface area contributed by atoms with Gasteiger partial charge in [-0.15, -0.1) is 11.3 Å². The molecule has 0 spiro atoms. The summed E-state index contributed by atoms with van der Waals surface area (Å²) in [6, 6.07) is 23.9. The number of nitrogens with zero attached hydrogens (tertiary/aromatic N) is 1. The maximum absolute atomic E-state index is 12.5. The van der Waals surface area contributed by atoms with Gasteiger partial charge in [-0.2, -0.15) is 0 Å². The minimum absolute atomic E-state index is 0.103. The Hall–Kier alpha value is -3.24. The summed E-state index contributed by atoms with van der Waals surface area (Å²) in [5.74, 6) is 0.347. The van der Waals surface area contributed by atoms with E-state index >= 15 is 0 Å². The van der Waals surface area contributed by atoms with Gasteiger partial charge < -0.3 is 5.32 Å². The van der Waals surface area contributed by atoms with Crippen molar-refractivity contribution >= 4 is 22.9 Å². The zero-order valence-electron chi connectivity index (χ0n) is 17.3. The van der Waals surface area contributed by atoms with Crippen LogP contribution in [0.25, 0.3) is 21.8 Å². The summed E-state index contributed by atoms with van der Waals surface area (Å²) in [7, 11) is 0. The highest BCUT2D eigenvalue weighted by Gasteiger charge is 2.10. The first-order chi connectivity index (χ1) is 14.5. The van der Waals surface area contributed by atoms with Crippen LogP contribution in [-0.2, 0) is 0 Å². The van der Waals surface area contributed by atoms with Crippen molar-refractivity contribution in [1.82, 2.24) is 4.98 Å². The molecule has 4 rings (SSSR count). The molecule has 0 aliphatic carbocycles. The van der Waals surface area contributed by atoms with Crippen molar-refractivity contribution in [2.45, 2.75) is 26.7 Å².